The topological polar surface area (TPSA) is 3.24 Å². The van der Waals surface area contributed by atoms with Crippen molar-refractivity contribution in [2.24, 2.45) is 0 Å². The van der Waals surface area contributed by atoms with E-state index >= 15 is 0 Å². The molecule has 1 nitrogen and oxygen atoms in total. The molecule has 1 aliphatic carbocycles. The van der Waals surface area contributed by atoms with Gasteiger partial charge in [-0.15, -0.1) is 22.7 Å². The second kappa shape index (κ2) is 9.53. The second-order valence-electron chi connectivity index (χ2n) is 13.0. The van der Waals surface area contributed by atoms with Crippen molar-refractivity contribution in [2.45, 2.75) is 19.3 Å². The van der Waals surface area contributed by atoms with E-state index in [4.69, 9.17) is 0 Å². The minimum atomic E-state index is -0.0737. The van der Waals surface area contributed by atoms with E-state index in [2.05, 4.69) is 158 Å². The summed E-state index contributed by atoms with van der Waals surface area (Å²) in [5.74, 6) is 0. The molecule has 0 bridgehead atoms. The first-order chi connectivity index (χ1) is 22.5. The highest BCUT2D eigenvalue weighted by atomic mass is 32.1. The number of rotatable bonds is 3. The molecular weight excluding hydrogens is 595 g/mol. The zero-order valence-electron chi connectivity index (χ0n) is 25.5. The van der Waals surface area contributed by atoms with Crippen LogP contribution in [0.15, 0.2) is 140 Å². The molecule has 0 aliphatic heterocycles. The highest BCUT2D eigenvalue weighted by Gasteiger charge is 2.37. The van der Waals surface area contributed by atoms with Crippen molar-refractivity contribution in [3.05, 3.63) is 151 Å². The lowest BCUT2D eigenvalue weighted by Gasteiger charge is -2.29. The van der Waals surface area contributed by atoms with Gasteiger partial charge in [-0.25, -0.2) is 0 Å². The summed E-state index contributed by atoms with van der Waals surface area (Å²) >= 11 is 3.76. The minimum absolute atomic E-state index is 0.0737. The van der Waals surface area contributed by atoms with Crippen molar-refractivity contribution in [2.75, 3.05) is 4.90 Å². The zero-order chi connectivity index (χ0) is 30.6. The van der Waals surface area contributed by atoms with E-state index in [0.717, 1.165) is 0 Å². The lowest BCUT2D eigenvalue weighted by atomic mass is 9.82. The highest BCUT2D eigenvalue weighted by molar-refractivity contribution is 7.26. The third-order valence-electron chi connectivity index (χ3n) is 10.0. The molecule has 2 heterocycles. The monoisotopic (exact) mass is 623 g/mol. The SMILES string of the molecule is CC1(C)c2ccccc2-c2c(N(c3ccc4sc5ccccc5c4c3)c3ccc4sc5cc6ccccc6cc5c4c3)cccc21. The smallest absolute Gasteiger partial charge is 0.0543 e. The molecule has 1 aliphatic rings. The lowest BCUT2D eigenvalue weighted by molar-refractivity contribution is 0.660. The molecule has 3 heteroatoms. The summed E-state index contributed by atoms with van der Waals surface area (Å²) in [6.07, 6.45) is 0. The van der Waals surface area contributed by atoms with Crippen LogP contribution in [0.25, 0.3) is 62.2 Å². The minimum Gasteiger partial charge on any atom is -0.310 e. The number of thiophene rings is 2. The van der Waals surface area contributed by atoms with Crippen molar-refractivity contribution in [1.82, 2.24) is 0 Å². The van der Waals surface area contributed by atoms with Gasteiger partial charge in [-0.1, -0.05) is 92.7 Å². The van der Waals surface area contributed by atoms with Crippen LogP contribution in [0.5, 0.6) is 0 Å². The van der Waals surface area contributed by atoms with Crippen LogP contribution >= 0.6 is 22.7 Å². The van der Waals surface area contributed by atoms with Crippen LogP contribution in [0.3, 0.4) is 0 Å². The largest absolute Gasteiger partial charge is 0.310 e. The lowest BCUT2D eigenvalue weighted by Crippen LogP contribution is -2.16. The highest BCUT2D eigenvalue weighted by Crippen LogP contribution is 2.54. The van der Waals surface area contributed by atoms with Gasteiger partial charge in [0, 0.05) is 62.7 Å². The molecule has 2 aromatic heterocycles. The molecule has 0 N–H and O–H groups in total. The Labute approximate surface area is 275 Å². The summed E-state index contributed by atoms with van der Waals surface area (Å²) in [5, 5.41) is 7.84. The fourth-order valence-electron chi connectivity index (χ4n) is 7.79. The Morgan fingerprint density at radius 2 is 1.04 bits per heavy atom. The maximum absolute atomic E-state index is 2.51. The summed E-state index contributed by atoms with van der Waals surface area (Å²) in [5.41, 5.74) is 8.94. The first kappa shape index (κ1) is 26.3. The molecule has 7 aromatic carbocycles. The van der Waals surface area contributed by atoms with E-state index in [9.17, 15) is 0 Å². The number of hydrogen-bond acceptors (Lipinski definition) is 3. The molecule has 0 unspecified atom stereocenters. The molecule has 10 rings (SSSR count). The zero-order valence-corrected chi connectivity index (χ0v) is 27.2. The maximum atomic E-state index is 2.51. The quantitative estimate of drug-likeness (QED) is 0.189. The Kier molecular flexibility index (Phi) is 5.44. The van der Waals surface area contributed by atoms with Crippen LogP contribution in [-0.2, 0) is 5.41 Å². The summed E-state index contributed by atoms with van der Waals surface area (Å²) in [6, 6.07) is 52.2. The molecule has 0 spiro atoms. The van der Waals surface area contributed by atoms with Crippen molar-refractivity contribution in [3.63, 3.8) is 0 Å². The van der Waals surface area contributed by atoms with E-state index in [1.807, 2.05) is 22.7 Å². The van der Waals surface area contributed by atoms with Gasteiger partial charge < -0.3 is 4.90 Å². The molecule has 0 amide bonds. The summed E-state index contributed by atoms with van der Waals surface area (Å²) in [6.45, 7) is 4.73. The third kappa shape index (κ3) is 3.67. The average molecular weight is 624 g/mol. The molecule has 0 fully saturated rings. The molecule has 0 saturated carbocycles. The Hall–Kier alpha value is -4.96. The first-order valence-corrected chi connectivity index (χ1v) is 17.5. The summed E-state index contributed by atoms with van der Waals surface area (Å²) < 4.78 is 5.30. The molecule has 0 radical (unpaired) electrons. The summed E-state index contributed by atoms with van der Waals surface area (Å²) in [7, 11) is 0. The van der Waals surface area contributed by atoms with Gasteiger partial charge in [0.2, 0.25) is 0 Å². The average Bonchev–Trinajstić information content (AvgIpc) is 3.71. The Bertz CT molecular complexity index is 2690. The van der Waals surface area contributed by atoms with Crippen molar-refractivity contribution in [3.8, 4) is 11.1 Å². The standard InChI is InChI=1S/C43H29NS2/c1-43(2)35-14-7-5-13-31(35)42-36(43)15-9-16-37(42)44(28-18-20-39-33(24-28)30-12-6-8-17-38(30)45-39)29-19-21-40-34(25-29)32-22-26-10-3-4-11-27(26)23-41(32)46-40/h3-25H,1-2H3. The van der Waals surface area contributed by atoms with Gasteiger partial charge in [-0.3, -0.25) is 0 Å². The van der Waals surface area contributed by atoms with Crippen molar-refractivity contribution < 1.29 is 0 Å². The summed E-state index contributed by atoms with van der Waals surface area (Å²) in [4.78, 5) is 2.51. The molecule has 0 saturated heterocycles. The van der Waals surface area contributed by atoms with E-state index in [-0.39, 0.29) is 5.41 Å². The number of benzene rings is 7. The molecule has 46 heavy (non-hydrogen) atoms. The van der Waals surface area contributed by atoms with Gasteiger partial charge in [0.05, 0.1) is 5.69 Å². The van der Waals surface area contributed by atoms with E-state index in [1.54, 1.807) is 0 Å². The number of anilines is 3. The van der Waals surface area contributed by atoms with Crippen LogP contribution < -0.4 is 4.90 Å². The maximum Gasteiger partial charge on any atom is 0.0543 e. The second-order valence-corrected chi connectivity index (χ2v) is 15.1. The van der Waals surface area contributed by atoms with Gasteiger partial charge in [-0.2, -0.15) is 0 Å². The van der Waals surface area contributed by atoms with Crippen LogP contribution in [0, 0.1) is 0 Å². The molecule has 9 aromatic rings. The van der Waals surface area contributed by atoms with E-state index in [1.165, 1.54) is 90.4 Å². The van der Waals surface area contributed by atoms with Gasteiger partial charge in [0.25, 0.3) is 0 Å². The number of fused-ring (bicyclic) bond motifs is 10. The van der Waals surface area contributed by atoms with Gasteiger partial charge in [0.15, 0.2) is 0 Å². The number of nitrogens with zero attached hydrogens (tertiary/aromatic N) is 1. The fraction of sp³-hybridized carbons (Fsp3) is 0.0698. The predicted octanol–water partition coefficient (Wildman–Crippen LogP) is 13.4. The van der Waals surface area contributed by atoms with E-state index in [0.29, 0.717) is 0 Å². The van der Waals surface area contributed by atoms with Gasteiger partial charge in [-0.05, 0) is 88.1 Å². The Morgan fingerprint density at radius 3 is 1.85 bits per heavy atom. The van der Waals surface area contributed by atoms with Crippen LogP contribution in [0.4, 0.5) is 17.1 Å². The first-order valence-electron chi connectivity index (χ1n) is 15.8. The third-order valence-corrected chi connectivity index (χ3v) is 12.3. The predicted molar refractivity (Wildman–Crippen MR) is 202 cm³/mol. The fourth-order valence-corrected chi connectivity index (χ4v) is 9.99. The van der Waals surface area contributed by atoms with Gasteiger partial charge >= 0.3 is 0 Å². The Balaban J connectivity index is 1.27. The van der Waals surface area contributed by atoms with Crippen molar-refractivity contribution >= 4 is 90.9 Å². The van der Waals surface area contributed by atoms with Crippen molar-refractivity contribution in [1.29, 1.82) is 0 Å². The van der Waals surface area contributed by atoms with Gasteiger partial charge in [0.1, 0.15) is 0 Å². The van der Waals surface area contributed by atoms with E-state index < -0.39 is 0 Å². The van der Waals surface area contributed by atoms with Crippen LogP contribution in [-0.4, -0.2) is 0 Å². The van der Waals surface area contributed by atoms with Crippen LogP contribution in [0.1, 0.15) is 25.0 Å². The van der Waals surface area contributed by atoms with Crippen LogP contribution in [0.2, 0.25) is 0 Å². The molecule has 218 valence electrons. The Morgan fingerprint density at radius 1 is 0.457 bits per heavy atom. The molecule has 0 atom stereocenters. The number of hydrogen-bond donors (Lipinski definition) is 0. The molecular formula is C43H29NS2. The normalized spacial score (nSPS) is 13.6.